The average Bonchev–Trinajstić information content (AvgIpc) is 3.00. The summed E-state index contributed by atoms with van der Waals surface area (Å²) in [6.45, 7) is 1.86. The summed E-state index contributed by atoms with van der Waals surface area (Å²) in [6, 6.07) is 11.8. The van der Waals surface area contributed by atoms with Crippen molar-refractivity contribution >= 4 is 23.2 Å². The van der Waals surface area contributed by atoms with Crippen LogP contribution in [-0.2, 0) is 4.79 Å². The van der Waals surface area contributed by atoms with Gasteiger partial charge in [-0.05, 0) is 38.0 Å². The molecule has 2 aromatic carbocycles. The molecule has 0 bridgehead atoms. The lowest BCUT2D eigenvalue weighted by Gasteiger charge is -2.22. The molecule has 0 radical (unpaired) electrons. The van der Waals surface area contributed by atoms with Crippen LogP contribution >= 0.6 is 0 Å². The SMILES string of the molecule is C[C@@H](NC1CCCCCC1)C(=O)Nc1ccc2c(c1)C(=O)c1ccccc1C2=O. The van der Waals surface area contributed by atoms with Crippen molar-refractivity contribution in [1.82, 2.24) is 5.32 Å². The van der Waals surface area contributed by atoms with E-state index >= 15 is 0 Å². The molecule has 1 saturated carbocycles. The third-order valence-electron chi connectivity index (χ3n) is 5.93. The highest BCUT2D eigenvalue weighted by atomic mass is 16.2. The molecule has 0 spiro atoms. The van der Waals surface area contributed by atoms with Gasteiger partial charge in [-0.15, -0.1) is 0 Å². The van der Waals surface area contributed by atoms with Crippen LogP contribution in [0.15, 0.2) is 42.5 Å². The van der Waals surface area contributed by atoms with Crippen LogP contribution in [0.4, 0.5) is 5.69 Å². The normalized spacial score (nSPS) is 17.8. The Bertz CT molecular complexity index is 958. The van der Waals surface area contributed by atoms with Crippen LogP contribution < -0.4 is 10.6 Å². The first kappa shape index (κ1) is 19.5. The lowest BCUT2D eigenvalue weighted by molar-refractivity contribution is -0.118. The van der Waals surface area contributed by atoms with E-state index in [4.69, 9.17) is 0 Å². The lowest BCUT2D eigenvalue weighted by atomic mass is 9.84. The quantitative estimate of drug-likeness (QED) is 0.658. The number of hydrogen-bond donors (Lipinski definition) is 2. The van der Waals surface area contributed by atoms with Crippen molar-refractivity contribution in [3.63, 3.8) is 0 Å². The molecule has 150 valence electrons. The summed E-state index contributed by atoms with van der Waals surface area (Å²) in [6.07, 6.45) is 7.15. The molecule has 1 amide bonds. The Morgan fingerprint density at radius 3 is 2.10 bits per heavy atom. The van der Waals surface area contributed by atoms with E-state index in [0.29, 0.717) is 34.0 Å². The van der Waals surface area contributed by atoms with E-state index in [-0.39, 0.29) is 23.5 Å². The van der Waals surface area contributed by atoms with Gasteiger partial charge in [-0.3, -0.25) is 14.4 Å². The van der Waals surface area contributed by atoms with Gasteiger partial charge in [-0.2, -0.15) is 0 Å². The Morgan fingerprint density at radius 1 is 0.862 bits per heavy atom. The first-order valence-corrected chi connectivity index (χ1v) is 10.4. The number of ketones is 2. The van der Waals surface area contributed by atoms with Crippen LogP contribution in [0.1, 0.15) is 77.3 Å². The Balaban J connectivity index is 1.48. The smallest absolute Gasteiger partial charge is 0.241 e. The molecule has 2 aliphatic rings. The van der Waals surface area contributed by atoms with Gasteiger partial charge in [-0.25, -0.2) is 0 Å². The maximum Gasteiger partial charge on any atom is 0.241 e. The minimum absolute atomic E-state index is 0.135. The molecule has 29 heavy (non-hydrogen) atoms. The molecule has 0 aromatic heterocycles. The van der Waals surface area contributed by atoms with Gasteiger partial charge in [0.15, 0.2) is 11.6 Å². The van der Waals surface area contributed by atoms with Crippen LogP contribution in [0.3, 0.4) is 0 Å². The maximum absolute atomic E-state index is 12.8. The highest BCUT2D eigenvalue weighted by molar-refractivity contribution is 6.28. The van der Waals surface area contributed by atoms with Crippen LogP contribution in [-0.4, -0.2) is 29.6 Å². The van der Waals surface area contributed by atoms with Crippen molar-refractivity contribution in [3.05, 3.63) is 64.7 Å². The molecule has 1 fully saturated rings. The lowest BCUT2D eigenvalue weighted by Crippen LogP contribution is -2.43. The standard InChI is InChI=1S/C24H26N2O3/c1-15(25-16-8-4-2-3-5-9-16)24(29)26-17-12-13-20-21(14-17)23(28)19-11-7-6-10-18(19)22(20)27/h6-7,10-16,25H,2-5,8-9H2,1H3,(H,26,29)/t15-/m1/s1. The molecule has 2 aromatic rings. The monoisotopic (exact) mass is 390 g/mol. The van der Waals surface area contributed by atoms with E-state index in [1.54, 1.807) is 42.5 Å². The zero-order valence-corrected chi connectivity index (χ0v) is 16.7. The van der Waals surface area contributed by atoms with Gasteiger partial charge in [0.1, 0.15) is 0 Å². The number of anilines is 1. The first-order valence-electron chi connectivity index (χ1n) is 10.4. The van der Waals surface area contributed by atoms with Gasteiger partial charge < -0.3 is 10.6 Å². The van der Waals surface area contributed by atoms with E-state index in [1.165, 1.54) is 25.7 Å². The summed E-state index contributed by atoms with van der Waals surface area (Å²) in [7, 11) is 0. The van der Waals surface area contributed by atoms with Gasteiger partial charge in [0.2, 0.25) is 5.91 Å². The number of amides is 1. The van der Waals surface area contributed by atoms with Crippen LogP contribution in [0.2, 0.25) is 0 Å². The summed E-state index contributed by atoms with van der Waals surface area (Å²) < 4.78 is 0. The molecule has 2 aliphatic carbocycles. The molecular weight excluding hydrogens is 364 g/mol. The van der Waals surface area contributed by atoms with E-state index < -0.39 is 0 Å². The fraction of sp³-hybridized carbons (Fsp3) is 0.375. The number of hydrogen-bond acceptors (Lipinski definition) is 4. The van der Waals surface area contributed by atoms with E-state index in [9.17, 15) is 14.4 Å². The van der Waals surface area contributed by atoms with E-state index in [0.717, 1.165) is 12.8 Å². The van der Waals surface area contributed by atoms with Crippen molar-refractivity contribution in [2.24, 2.45) is 0 Å². The molecule has 0 heterocycles. The second-order valence-corrected chi connectivity index (χ2v) is 8.03. The minimum atomic E-state index is -0.327. The number of carbonyl (C=O) groups excluding carboxylic acids is 3. The second-order valence-electron chi connectivity index (χ2n) is 8.03. The van der Waals surface area contributed by atoms with Gasteiger partial charge in [0.05, 0.1) is 6.04 Å². The molecule has 5 nitrogen and oxygen atoms in total. The summed E-state index contributed by atoms with van der Waals surface area (Å²) in [5.41, 5.74) is 2.11. The molecule has 1 atom stereocenters. The Labute approximate surface area is 170 Å². The van der Waals surface area contributed by atoms with Gasteiger partial charge in [0.25, 0.3) is 0 Å². The zero-order valence-electron chi connectivity index (χ0n) is 16.7. The van der Waals surface area contributed by atoms with Crippen molar-refractivity contribution in [1.29, 1.82) is 0 Å². The minimum Gasteiger partial charge on any atom is -0.325 e. The summed E-state index contributed by atoms with van der Waals surface area (Å²) in [5, 5.41) is 6.33. The predicted molar refractivity (Wildman–Crippen MR) is 112 cm³/mol. The van der Waals surface area contributed by atoms with Crippen LogP contribution in [0.25, 0.3) is 0 Å². The van der Waals surface area contributed by atoms with Gasteiger partial charge in [0, 0.05) is 34.0 Å². The molecule has 5 heteroatoms. The molecule has 2 N–H and O–H groups in total. The van der Waals surface area contributed by atoms with Crippen molar-refractivity contribution in [3.8, 4) is 0 Å². The largest absolute Gasteiger partial charge is 0.325 e. The van der Waals surface area contributed by atoms with Crippen molar-refractivity contribution in [2.45, 2.75) is 57.5 Å². The number of benzene rings is 2. The molecule has 0 aliphatic heterocycles. The first-order chi connectivity index (χ1) is 14.0. The van der Waals surface area contributed by atoms with Gasteiger partial charge in [-0.1, -0.05) is 49.9 Å². The Kier molecular flexibility index (Phi) is 5.58. The maximum atomic E-state index is 12.8. The highest BCUT2D eigenvalue weighted by Gasteiger charge is 2.29. The summed E-state index contributed by atoms with van der Waals surface area (Å²) in [4.78, 5) is 38.2. The Morgan fingerprint density at radius 2 is 1.45 bits per heavy atom. The van der Waals surface area contributed by atoms with E-state index in [2.05, 4.69) is 10.6 Å². The number of fused-ring (bicyclic) bond motifs is 2. The summed E-state index contributed by atoms with van der Waals surface area (Å²) in [5.74, 6) is -0.475. The van der Waals surface area contributed by atoms with Gasteiger partial charge >= 0.3 is 0 Å². The van der Waals surface area contributed by atoms with Crippen molar-refractivity contribution < 1.29 is 14.4 Å². The third kappa shape index (κ3) is 4.01. The zero-order chi connectivity index (χ0) is 20.4. The second kappa shape index (κ2) is 8.29. The highest BCUT2D eigenvalue weighted by Crippen LogP contribution is 2.29. The average molecular weight is 390 g/mol. The molecule has 0 unspecified atom stereocenters. The molecular formula is C24H26N2O3. The molecule has 4 rings (SSSR count). The predicted octanol–water partition coefficient (Wildman–Crippen LogP) is 4.10. The third-order valence-corrected chi connectivity index (χ3v) is 5.93. The van der Waals surface area contributed by atoms with Crippen molar-refractivity contribution in [2.75, 3.05) is 5.32 Å². The molecule has 0 saturated heterocycles. The van der Waals surface area contributed by atoms with Crippen LogP contribution in [0.5, 0.6) is 0 Å². The number of nitrogens with one attached hydrogen (secondary N) is 2. The van der Waals surface area contributed by atoms with E-state index in [1.807, 2.05) is 6.92 Å². The topological polar surface area (TPSA) is 75.3 Å². The fourth-order valence-electron chi connectivity index (χ4n) is 4.30. The Hall–Kier alpha value is -2.79. The summed E-state index contributed by atoms with van der Waals surface area (Å²) >= 11 is 0. The number of rotatable bonds is 4. The fourth-order valence-corrected chi connectivity index (χ4v) is 4.30. The van der Waals surface area contributed by atoms with Crippen LogP contribution in [0, 0.1) is 0 Å². The number of carbonyl (C=O) groups is 3.